The van der Waals surface area contributed by atoms with Crippen LogP contribution in [0.25, 0.3) is 32.9 Å². The molecular weight excluding hydrogens is 480 g/mol. The van der Waals surface area contributed by atoms with E-state index in [9.17, 15) is 4.79 Å². The summed E-state index contributed by atoms with van der Waals surface area (Å²) in [6, 6.07) is 12.5. The number of amides is 1. The minimum Gasteiger partial charge on any atom is -0.474 e. The molecule has 1 aliphatic carbocycles. The van der Waals surface area contributed by atoms with Gasteiger partial charge >= 0.3 is 6.09 Å². The normalized spacial score (nSPS) is 17.4. The van der Waals surface area contributed by atoms with Gasteiger partial charge in [0, 0.05) is 86.6 Å². The topological polar surface area (TPSA) is 78.7 Å². The molecule has 200 valence electrons. The molecule has 0 unspecified atom stereocenters. The van der Waals surface area contributed by atoms with Crippen molar-refractivity contribution in [1.29, 1.82) is 0 Å². The van der Waals surface area contributed by atoms with Crippen LogP contribution in [-0.2, 0) is 16.5 Å². The number of nitrogens with zero attached hydrogens (tertiary/aromatic N) is 4. The van der Waals surface area contributed by atoms with Crippen molar-refractivity contribution in [2.75, 3.05) is 20.2 Å². The second-order valence-corrected chi connectivity index (χ2v) is 11.0. The third-order valence-corrected chi connectivity index (χ3v) is 6.91. The number of ether oxygens (including phenoxy) is 3. The molecule has 1 saturated carbocycles. The van der Waals surface area contributed by atoms with Crippen LogP contribution in [0, 0.1) is 0 Å². The van der Waals surface area contributed by atoms with Crippen LogP contribution in [0.1, 0.15) is 40.0 Å². The van der Waals surface area contributed by atoms with Crippen molar-refractivity contribution in [1.82, 2.24) is 19.4 Å². The maximum atomic E-state index is 12.0. The van der Waals surface area contributed by atoms with Gasteiger partial charge in [-0.15, -0.1) is 0 Å². The number of hydrogen-bond acceptors (Lipinski definition) is 6. The van der Waals surface area contributed by atoms with Gasteiger partial charge in [-0.1, -0.05) is 12.1 Å². The first-order chi connectivity index (χ1) is 18.2. The van der Waals surface area contributed by atoms with Crippen LogP contribution in [0.15, 0.2) is 55.0 Å². The van der Waals surface area contributed by atoms with Crippen LogP contribution in [-0.4, -0.2) is 63.5 Å². The number of rotatable bonds is 8. The fraction of sp³-hybridized carbons (Fsp3) is 0.433. The molecule has 1 aromatic carbocycles. The SMILES string of the molecule is CN(CCCOC1CC(Oc2ccc(-c3ccc4c5cnccc5n(C)c4c3)cn2)C1)C(=O)OC(C)(C)C. The fourth-order valence-electron chi connectivity index (χ4n) is 4.76. The number of aryl methyl sites for hydroxylation is 1. The zero-order chi connectivity index (χ0) is 26.9. The minimum atomic E-state index is -0.484. The van der Waals surface area contributed by atoms with E-state index in [1.165, 1.54) is 16.4 Å². The number of benzene rings is 1. The van der Waals surface area contributed by atoms with Gasteiger partial charge in [0.05, 0.1) is 11.6 Å². The predicted octanol–water partition coefficient (Wildman–Crippen LogP) is 5.97. The molecular formula is C30H36N4O4. The molecule has 0 bridgehead atoms. The number of fused-ring (bicyclic) bond motifs is 3. The van der Waals surface area contributed by atoms with E-state index in [1.807, 2.05) is 51.5 Å². The molecule has 0 atom stereocenters. The van der Waals surface area contributed by atoms with Crippen molar-refractivity contribution in [2.24, 2.45) is 7.05 Å². The first kappa shape index (κ1) is 26.0. The first-order valence-electron chi connectivity index (χ1n) is 13.2. The van der Waals surface area contributed by atoms with E-state index < -0.39 is 5.60 Å². The largest absolute Gasteiger partial charge is 0.474 e. The highest BCUT2D eigenvalue weighted by molar-refractivity contribution is 6.08. The Morgan fingerprint density at radius 2 is 1.82 bits per heavy atom. The standard InChI is InChI=1S/C30H36N4O4/c1-30(2,3)38-29(35)33(4)13-6-14-36-22-16-23(17-22)37-28-10-8-21(18-32-28)20-7-9-24-25-19-31-12-11-26(25)34(5)27(24)15-20/h7-12,15,18-19,22-23H,6,13-14,16-17H2,1-5H3. The van der Waals surface area contributed by atoms with Crippen LogP contribution < -0.4 is 4.74 Å². The number of carbonyl (C=O) groups is 1. The summed E-state index contributed by atoms with van der Waals surface area (Å²) in [6.45, 7) is 6.81. The highest BCUT2D eigenvalue weighted by Gasteiger charge is 2.32. The molecule has 5 rings (SSSR count). The van der Waals surface area contributed by atoms with E-state index in [0.29, 0.717) is 19.0 Å². The van der Waals surface area contributed by atoms with Crippen LogP contribution in [0.3, 0.4) is 0 Å². The quantitative estimate of drug-likeness (QED) is 0.269. The molecule has 38 heavy (non-hydrogen) atoms. The smallest absolute Gasteiger partial charge is 0.410 e. The van der Waals surface area contributed by atoms with E-state index in [-0.39, 0.29) is 18.3 Å². The maximum absolute atomic E-state index is 12.0. The molecule has 0 radical (unpaired) electrons. The lowest BCUT2D eigenvalue weighted by Crippen LogP contribution is -2.40. The maximum Gasteiger partial charge on any atom is 0.410 e. The Morgan fingerprint density at radius 3 is 2.55 bits per heavy atom. The number of carbonyl (C=O) groups excluding carboxylic acids is 1. The molecule has 0 N–H and O–H groups in total. The van der Waals surface area contributed by atoms with Crippen LogP contribution in [0.5, 0.6) is 5.88 Å². The van der Waals surface area contributed by atoms with Gasteiger partial charge in [0.15, 0.2) is 0 Å². The van der Waals surface area contributed by atoms with Crippen molar-refractivity contribution in [3.63, 3.8) is 0 Å². The molecule has 3 heterocycles. The Kier molecular flexibility index (Phi) is 7.25. The molecule has 1 amide bonds. The summed E-state index contributed by atoms with van der Waals surface area (Å²) in [5.74, 6) is 0.632. The summed E-state index contributed by atoms with van der Waals surface area (Å²) < 4.78 is 19.6. The summed E-state index contributed by atoms with van der Waals surface area (Å²) in [6.07, 6.45) is 8.07. The molecule has 0 aliphatic heterocycles. The molecule has 8 heteroatoms. The minimum absolute atomic E-state index is 0.114. The van der Waals surface area contributed by atoms with Gasteiger partial charge in [-0.05, 0) is 51.0 Å². The van der Waals surface area contributed by atoms with Crippen molar-refractivity contribution in [2.45, 2.75) is 57.8 Å². The lowest BCUT2D eigenvalue weighted by molar-refractivity contribution is -0.0634. The molecule has 8 nitrogen and oxygen atoms in total. The zero-order valence-corrected chi connectivity index (χ0v) is 22.8. The fourth-order valence-corrected chi connectivity index (χ4v) is 4.76. The van der Waals surface area contributed by atoms with Gasteiger partial charge in [-0.25, -0.2) is 9.78 Å². The summed E-state index contributed by atoms with van der Waals surface area (Å²) in [4.78, 5) is 22.4. The van der Waals surface area contributed by atoms with E-state index in [2.05, 4.69) is 45.8 Å². The van der Waals surface area contributed by atoms with Crippen molar-refractivity contribution < 1.29 is 19.0 Å². The van der Waals surface area contributed by atoms with E-state index in [1.54, 1.807) is 11.9 Å². The number of hydrogen-bond donors (Lipinski definition) is 0. The summed E-state index contributed by atoms with van der Waals surface area (Å²) in [5.41, 5.74) is 4.02. The first-order valence-corrected chi connectivity index (χ1v) is 13.2. The Labute approximate surface area is 223 Å². The Bertz CT molecular complexity index is 1420. The zero-order valence-electron chi connectivity index (χ0n) is 22.8. The third-order valence-electron chi connectivity index (χ3n) is 6.91. The second-order valence-electron chi connectivity index (χ2n) is 11.0. The molecule has 0 spiro atoms. The van der Waals surface area contributed by atoms with E-state index in [0.717, 1.165) is 35.8 Å². The highest BCUT2D eigenvalue weighted by atomic mass is 16.6. The molecule has 0 saturated heterocycles. The van der Waals surface area contributed by atoms with Crippen molar-refractivity contribution in [3.8, 4) is 17.0 Å². The third kappa shape index (κ3) is 5.75. The second kappa shape index (κ2) is 10.6. The average molecular weight is 517 g/mol. The van der Waals surface area contributed by atoms with Crippen molar-refractivity contribution in [3.05, 3.63) is 55.0 Å². The Balaban J connectivity index is 1.08. The summed E-state index contributed by atoms with van der Waals surface area (Å²) in [7, 11) is 3.83. The van der Waals surface area contributed by atoms with Gasteiger partial charge < -0.3 is 23.7 Å². The lowest BCUT2D eigenvalue weighted by Gasteiger charge is -2.34. The van der Waals surface area contributed by atoms with Crippen LogP contribution in [0.2, 0.25) is 0 Å². The Morgan fingerprint density at radius 1 is 1.03 bits per heavy atom. The highest BCUT2D eigenvalue weighted by Crippen LogP contribution is 2.32. The van der Waals surface area contributed by atoms with Crippen LogP contribution >= 0.6 is 0 Å². The molecule has 1 fully saturated rings. The molecule has 4 aromatic rings. The number of aromatic nitrogens is 3. The van der Waals surface area contributed by atoms with Gasteiger partial charge in [0.25, 0.3) is 0 Å². The predicted molar refractivity (Wildman–Crippen MR) is 148 cm³/mol. The van der Waals surface area contributed by atoms with E-state index in [4.69, 9.17) is 14.2 Å². The number of pyridine rings is 2. The molecule has 1 aliphatic rings. The van der Waals surface area contributed by atoms with Gasteiger partial charge in [-0.2, -0.15) is 0 Å². The van der Waals surface area contributed by atoms with Crippen LogP contribution in [0.4, 0.5) is 4.79 Å². The van der Waals surface area contributed by atoms with E-state index >= 15 is 0 Å². The Hall–Kier alpha value is -3.65. The van der Waals surface area contributed by atoms with Gasteiger partial charge in [0.2, 0.25) is 5.88 Å². The average Bonchev–Trinajstić information content (AvgIpc) is 3.15. The summed E-state index contributed by atoms with van der Waals surface area (Å²) in [5, 5.41) is 2.36. The monoisotopic (exact) mass is 516 g/mol. The van der Waals surface area contributed by atoms with Gasteiger partial charge in [-0.3, -0.25) is 4.98 Å². The lowest BCUT2D eigenvalue weighted by atomic mass is 9.92. The molecule has 3 aromatic heterocycles. The summed E-state index contributed by atoms with van der Waals surface area (Å²) >= 11 is 0. The van der Waals surface area contributed by atoms with Crippen molar-refractivity contribution >= 4 is 27.9 Å². The van der Waals surface area contributed by atoms with Gasteiger partial charge in [0.1, 0.15) is 11.7 Å².